The van der Waals surface area contributed by atoms with E-state index in [4.69, 9.17) is 4.74 Å². The van der Waals surface area contributed by atoms with Crippen molar-refractivity contribution in [2.75, 3.05) is 0 Å². The second-order valence-electron chi connectivity index (χ2n) is 5.39. The number of fused-ring (bicyclic) bond motifs is 1. The number of benzene rings is 1. The molecule has 3 nitrogen and oxygen atoms in total. The summed E-state index contributed by atoms with van der Waals surface area (Å²) in [5.41, 5.74) is 1.05. The van der Waals surface area contributed by atoms with Crippen LogP contribution in [0.4, 0.5) is 0 Å². The summed E-state index contributed by atoms with van der Waals surface area (Å²) in [5.74, 6) is 0.00313. The highest BCUT2D eigenvalue weighted by atomic mass is 16.5. The maximum Gasteiger partial charge on any atom is 0.228 e. The van der Waals surface area contributed by atoms with Crippen LogP contribution in [0.2, 0.25) is 0 Å². The van der Waals surface area contributed by atoms with Crippen LogP contribution in [-0.4, -0.2) is 17.7 Å². The minimum atomic E-state index is -0.421. The summed E-state index contributed by atoms with van der Waals surface area (Å²) in [4.78, 5) is 24.9. The lowest BCUT2D eigenvalue weighted by molar-refractivity contribution is 0.0722. The minimum Gasteiger partial charge on any atom is -0.485 e. The summed E-state index contributed by atoms with van der Waals surface area (Å²) in [6.45, 7) is 5.78. The fourth-order valence-corrected chi connectivity index (χ4v) is 2.58. The van der Waals surface area contributed by atoms with Crippen molar-refractivity contribution in [3.05, 3.63) is 46.7 Å². The highest BCUT2D eigenvalue weighted by molar-refractivity contribution is 6.27. The summed E-state index contributed by atoms with van der Waals surface area (Å²) < 4.78 is 5.63. The summed E-state index contributed by atoms with van der Waals surface area (Å²) >= 11 is 0. The number of rotatable bonds is 0. The molecule has 0 bridgehead atoms. The van der Waals surface area contributed by atoms with E-state index in [-0.39, 0.29) is 23.4 Å². The summed E-state index contributed by atoms with van der Waals surface area (Å²) in [5, 5.41) is 0. The third-order valence-electron chi connectivity index (χ3n) is 4.03. The van der Waals surface area contributed by atoms with Crippen molar-refractivity contribution < 1.29 is 14.3 Å². The van der Waals surface area contributed by atoms with E-state index in [1.807, 2.05) is 20.8 Å². The van der Waals surface area contributed by atoms with E-state index in [0.29, 0.717) is 16.7 Å². The van der Waals surface area contributed by atoms with Gasteiger partial charge >= 0.3 is 0 Å². The molecule has 1 heterocycles. The molecule has 1 aliphatic heterocycles. The Kier molecular flexibility index (Phi) is 2.06. The Hall–Kier alpha value is -1.90. The Morgan fingerprint density at radius 3 is 2.22 bits per heavy atom. The number of carbonyl (C=O) groups excluding carboxylic acids is 2. The van der Waals surface area contributed by atoms with Crippen LogP contribution in [0.25, 0.3) is 0 Å². The quantitative estimate of drug-likeness (QED) is 0.702. The van der Waals surface area contributed by atoms with Gasteiger partial charge in [0.25, 0.3) is 0 Å². The van der Waals surface area contributed by atoms with Crippen LogP contribution in [0.3, 0.4) is 0 Å². The van der Waals surface area contributed by atoms with E-state index >= 15 is 0 Å². The molecule has 3 heteroatoms. The molecule has 0 N–H and O–H groups in total. The van der Waals surface area contributed by atoms with E-state index in [1.165, 1.54) is 0 Å². The zero-order valence-corrected chi connectivity index (χ0v) is 10.6. The minimum absolute atomic E-state index is 0.0745. The lowest BCUT2D eigenvalue weighted by Gasteiger charge is -2.25. The molecule has 0 unspecified atom stereocenters. The maximum absolute atomic E-state index is 12.5. The smallest absolute Gasteiger partial charge is 0.228 e. The van der Waals surface area contributed by atoms with Crippen LogP contribution in [0.1, 0.15) is 41.5 Å². The van der Waals surface area contributed by atoms with Gasteiger partial charge in [-0.1, -0.05) is 38.1 Å². The first-order chi connectivity index (χ1) is 8.44. The van der Waals surface area contributed by atoms with E-state index in [9.17, 15) is 9.59 Å². The van der Waals surface area contributed by atoms with Crippen LogP contribution in [0, 0.1) is 5.41 Å². The van der Waals surface area contributed by atoms with Gasteiger partial charge in [0.05, 0.1) is 5.57 Å². The zero-order chi connectivity index (χ0) is 13.1. The maximum atomic E-state index is 12.5. The van der Waals surface area contributed by atoms with Crippen molar-refractivity contribution in [1.29, 1.82) is 0 Å². The van der Waals surface area contributed by atoms with Crippen LogP contribution in [-0.2, 0) is 4.74 Å². The molecule has 0 radical (unpaired) electrons. The molecule has 0 fully saturated rings. The van der Waals surface area contributed by atoms with Crippen molar-refractivity contribution in [3.63, 3.8) is 0 Å². The SMILES string of the molecule is C[C@@H]1OC2=C(C(=O)c3ccccc3C2=O)C1(C)C. The lowest BCUT2D eigenvalue weighted by Crippen LogP contribution is -2.29. The zero-order valence-electron chi connectivity index (χ0n) is 10.6. The van der Waals surface area contributed by atoms with Gasteiger partial charge in [-0.05, 0) is 6.92 Å². The first kappa shape index (κ1) is 11.2. The average Bonchev–Trinajstić information content (AvgIpc) is 2.58. The standard InChI is InChI=1S/C15H14O3/c1-8-15(2,3)11-12(16)9-6-4-5-7-10(9)13(17)14(11)18-8/h4-8H,1-3H3/t8-/m0/s1. The molecule has 0 aromatic heterocycles. The molecule has 0 spiro atoms. The second kappa shape index (κ2) is 3.31. The van der Waals surface area contributed by atoms with Gasteiger partial charge in [-0.15, -0.1) is 0 Å². The molecule has 18 heavy (non-hydrogen) atoms. The molecule has 3 rings (SSSR count). The number of hydrogen-bond acceptors (Lipinski definition) is 3. The second-order valence-corrected chi connectivity index (χ2v) is 5.39. The normalized spacial score (nSPS) is 24.7. The highest BCUT2D eigenvalue weighted by Gasteiger charge is 2.49. The van der Waals surface area contributed by atoms with Crippen molar-refractivity contribution in [2.24, 2.45) is 5.41 Å². The highest BCUT2D eigenvalue weighted by Crippen LogP contribution is 2.46. The number of carbonyl (C=O) groups is 2. The lowest BCUT2D eigenvalue weighted by atomic mass is 9.74. The molecule has 92 valence electrons. The molecular formula is C15H14O3. The van der Waals surface area contributed by atoms with Gasteiger partial charge in [0.15, 0.2) is 11.5 Å². The first-order valence-corrected chi connectivity index (χ1v) is 6.04. The van der Waals surface area contributed by atoms with Crippen molar-refractivity contribution in [1.82, 2.24) is 0 Å². The van der Waals surface area contributed by atoms with E-state index in [2.05, 4.69) is 0 Å². The number of ether oxygens (including phenoxy) is 1. The van der Waals surface area contributed by atoms with E-state index in [0.717, 1.165) is 0 Å². The Morgan fingerprint density at radius 2 is 1.61 bits per heavy atom. The van der Waals surface area contributed by atoms with E-state index in [1.54, 1.807) is 24.3 Å². The van der Waals surface area contributed by atoms with Crippen LogP contribution in [0.15, 0.2) is 35.6 Å². The number of hydrogen-bond donors (Lipinski definition) is 0. The molecule has 2 aliphatic rings. The third kappa shape index (κ3) is 1.19. The number of ketones is 2. The van der Waals surface area contributed by atoms with E-state index < -0.39 is 5.41 Å². The van der Waals surface area contributed by atoms with Gasteiger partial charge in [0.1, 0.15) is 6.10 Å². The number of Topliss-reactive ketones (excluding diaryl/α,β-unsaturated/α-hetero) is 2. The van der Waals surface area contributed by atoms with Crippen molar-refractivity contribution in [2.45, 2.75) is 26.9 Å². The molecule has 1 aromatic carbocycles. The van der Waals surface area contributed by atoms with Crippen LogP contribution >= 0.6 is 0 Å². The fourth-order valence-electron chi connectivity index (χ4n) is 2.58. The fraction of sp³-hybridized carbons (Fsp3) is 0.333. The Morgan fingerprint density at radius 1 is 1.06 bits per heavy atom. The molecule has 1 atom stereocenters. The first-order valence-electron chi connectivity index (χ1n) is 6.04. The van der Waals surface area contributed by atoms with Gasteiger partial charge in [0.2, 0.25) is 5.78 Å². The van der Waals surface area contributed by atoms with Crippen molar-refractivity contribution in [3.8, 4) is 0 Å². The van der Waals surface area contributed by atoms with Gasteiger partial charge in [0, 0.05) is 16.5 Å². The Labute approximate surface area is 105 Å². The summed E-state index contributed by atoms with van der Waals surface area (Å²) in [6, 6.07) is 6.93. The van der Waals surface area contributed by atoms with Crippen LogP contribution in [0.5, 0.6) is 0 Å². The molecule has 1 aliphatic carbocycles. The third-order valence-corrected chi connectivity index (χ3v) is 4.03. The molecule has 1 aromatic rings. The Balaban J connectivity index is 2.26. The van der Waals surface area contributed by atoms with Crippen molar-refractivity contribution >= 4 is 11.6 Å². The summed E-state index contributed by atoms with van der Waals surface area (Å²) in [7, 11) is 0. The molecule has 0 amide bonds. The molecule has 0 saturated carbocycles. The van der Waals surface area contributed by atoms with Gasteiger partial charge in [-0.25, -0.2) is 0 Å². The monoisotopic (exact) mass is 242 g/mol. The van der Waals surface area contributed by atoms with Gasteiger partial charge < -0.3 is 4.74 Å². The largest absolute Gasteiger partial charge is 0.485 e. The topological polar surface area (TPSA) is 43.4 Å². The number of allylic oxidation sites excluding steroid dienone is 1. The Bertz CT molecular complexity index is 608. The van der Waals surface area contributed by atoms with Gasteiger partial charge in [-0.3, -0.25) is 9.59 Å². The molecule has 0 saturated heterocycles. The predicted octanol–water partition coefficient (Wildman–Crippen LogP) is 2.76. The van der Waals surface area contributed by atoms with Gasteiger partial charge in [-0.2, -0.15) is 0 Å². The van der Waals surface area contributed by atoms with Crippen LogP contribution < -0.4 is 0 Å². The predicted molar refractivity (Wildman–Crippen MR) is 66.5 cm³/mol. The molecular weight excluding hydrogens is 228 g/mol. The summed E-state index contributed by atoms with van der Waals surface area (Å²) in [6.07, 6.45) is -0.162. The average molecular weight is 242 g/mol.